The van der Waals surface area contributed by atoms with Gasteiger partial charge in [-0.3, -0.25) is 0 Å². The number of hydrogen-bond acceptors (Lipinski definition) is 3. The van der Waals surface area contributed by atoms with Crippen LogP contribution in [0.25, 0.3) is 0 Å². The molecule has 0 radical (unpaired) electrons. The Kier molecular flexibility index (Phi) is 4.21. The molecule has 0 amide bonds. The van der Waals surface area contributed by atoms with Crippen LogP contribution in [0.15, 0.2) is 33.4 Å². The monoisotopic (exact) mass is 343 g/mol. The zero-order valence-corrected chi connectivity index (χ0v) is 12.5. The minimum atomic E-state index is -1.15. The van der Waals surface area contributed by atoms with Crippen molar-refractivity contribution in [2.24, 2.45) is 0 Å². The van der Waals surface area contributed by atoms with Gasteiger partial charge in [0, 0.05) is 13.6 Å². The molecular formula is C13H11BrFNO2S. The number of hydrogen-bond donors (Lipinski definition) is 1. The highest BCUT2D eigenvalue weighted by Gasteiger charge is 2.18. The smallest absolute Gasteiger partial charge is 0.336 e. The molecular weight excluding hydrogens is 333 g/mol. The van der Waals surface area contributed by atoms with Crippen LogP contribution < -0.4 is 4.90 Å². The van der Waals surface area contributed by atoms with Gasteiger partial charge in [-0.15, -0.1) is 0 Å². The third kappa shape index (κ3) is 2.96. The second kappa shape index (κ2) is 5.71. The number of thiophene rings is 1. The van der Waals surface area contributed by atoms with Crippen molar-refractivity contribution in [3.63, 3.8) is 0 Å². The van der Waals surface area contributed by atoms with Crippen molar-refractivity contribution in [3.8, 4) is 0 Å². The predicted molar refractivity (Wildman–Crippen MR) is 77.5 cm³/mol. The first kappa shape index (κ1) is 14.0. The van der Waals surface area contributed by atoms with Crippen LogP contribution in [-0.2, 0) is 6.54 Å². The van der Waals surface area contributed by atoms with Gasteiger partial charge < -0.3 is 10.0 Å². The van der Waals surface area contributed by atoms with Gasteiger partial charge >= 0.3 is 5.97 Å². The second-order valence-corrected chi connectivity index (χ2v) is 5.63. The molecule has 100 valence electrons. The molecule has 2 aromatic rings. The van der Waals surface area contributed by atoms with Crippen molar-refractivity contribution in [2.45, 2.75) is 6.54 Å². The van der Waals surface area contributed by atoms with Gasteiger partial charge in [0.15, 0.2) is 5.82 Å². The maximum absolute atomic E-state index is 14.2. The van der Waals surface area contributed by atoms with E-state index in [1.165, 1.54) is 12.1 Å². The summed E-state index contributed by atoms with van der Waals surface area (Å²) in [6.45, 7) is 0.569. The Labute approximate surface area is 122 Å². The highest BCUT2D eigenvalue weighted by molar-refractivity contribution is 9.10. The first-order valence-corrected chi connectivity index (χ1v) is 7.17. The lowest BCUT2D eigenvalue weighted by molar-refractivity contribution is 0.0695. The third-order valence-electron chi connectivity index (χ3n) is 2.70. The molecule has 0 bridgehead atoms. The van der Waals surface area contributed by atoms with E-state index in [1.54, 1.807) is 23.3 Å². The van der Waals surface area contributed by atoms with Crippen molar-refractivity contribution in [1.29, 1.82) is 0 Å². The summed E-state index contributed by atoms with van der Waals surface area (Å²) in [6, 6.07) is 4.85. The summed E-state index contributed by atoms with van der Waals surface area (Å²) in [6.07, 6.45) is 0. The van der Waals surface area contributed by atoms with E-state index in [4.69, 9.17) is 5.11 Å². The van der Waals surface area contributed by atoms with E-state index in [0.29, 0.717) is 12.2 Å². The number of carboxylic acid groups (broad SMARTS) is 1. The third-order valence-corrected chi connectivity index (χ3v) is 4.21. The number of benzene rings is 1. The molecule has 1 aromatic heterocycles. The highest BCUT2D eigenvalue weighted by Crippen LogP contribution is 2.29. The van der Waals surface area contributed by atoms with Crippen LogP contribution in [0.2, 0.25) is 0 Å². The molecule has 0 unspecified atom stereocenters. The van der Waals surface area contributed by atoms with E-state index in [0.717, 1.165) is 5.56 Å². The quantitative estimate of drug-likeness (QED) is 0.912. The van der Waals surface area contributed by atoms with Crippen LogP contribution in [0.5, 0.6) is 0 Å². The lowest BCUT2D eigenvalue weighted by Crippen LogP contribution is -2.18. The molecule has 0 aliphatic carbocycles. The van der Waals surface area contributed by atoms with E-state index in [1.807, 2.05) is 16.8 Å². The first-order chi connectivity index (χ1) is 9.00. The minimum Gasteiger partial charge on any atom is -0.478 e. The van der Waals surface area contributed by atoms with Crippen LogP contribution in [0.4, 0.5) is 10.1 Å². The number of anilines is 1. The Morgan fingerprint density at radius 3 is 2.79 bits per heavy atom. The average molecular weight is 344 g/mol. The van der Waals surface area contributed by atoms with Crippen LogP contribution in [0.1, 0.15) is 15.9 Å². The Balaban J connectivity index is 2.30. The van der Waals surface area contributed by atoms with Crippen LogP contribution >= 0.6 is 27.3 Å². The number of rotatable bonds is 4. The maximum Gasteiger partial charge on any atom is 0.336 e. The van der Waals surface area contributed by atoms with Crippen molar-refractivity contribution < 1.29 is 14.3 Å². The van der Waals surface area contributed by atoms with Gasteiger partial charge in [0.05, 0.1) is 15.7 Å². The zero-order valence-electron chi connectivity index (χ0n) is 10.1. The Bertz CT molecular complexity index is 601. The number of carbonyl (C=O) groups is 1. The lowest BCUT2D eigenvalue weighted by atomic mass is 10.2. The topological polar surface area (TPSA) is 40.5 Å². The van der Waals surface area contributed by atoms with Gasteiger partial charge in [0.2, 0.25) is 0 Å². The Morgan fingerprint density at radius 2 is 2.21 bits per heavy atom. The molecule has 19 heavy (non-hydrogen) atoms. The average Bonchev–Trinajstić information content (AvgIpc) is 2.84. The summed E-state index contributed by atoms with van der Waals surface area (Å²) in [5, 5.41) is 12.9. The van der Waals surface area contributed by atoms with Crippen LogP contribution in [-0.4, -0.2) is 18.1 Å². The predicted octanol–water partition coefficient (Wildman–Crippen LogP) is 3.98. The standard InChI is InChI=1S/C13H11BrFNO2S/c1-16(6-8-4-5-19-7-8)10-3-2-9(13(17)18)11(14)12(10)15/h2-5,7H,6H2,1H3,(H,17,18). The van der Waals surface area contributed by atoms with Crippen molar-refractivity contribution in [1.82, 2.24) is 0 Å². The summed E-state index contributed by atoms with van der Waals surface area (Å²) < 4.78 is 14.1. The van der Waals surface area contributed by atoms with Crippen LogP contribution in [0, 0.1) is 5.82 Å². The SMILES string of the molecule is CN(Cc1ccsc1)c1ccc(C(=O)O)c(Br)c1F. The molecule has 1 heterocycles. The van der Waals surface area contributed by atoms with E-state index in [-0.39, 0.29) is 10.0 Å². The van der Waals surface area contributed by atoms with Gasteiger partial charge in [-0.25, -0.2) is 9.18 Å². The van der Waals surface area contributed by atoms with Gasteiger partial charge in [0.25, 0.3) is 0 Å². The molecule has 0 spiro atoms. The fourth-order valence-electron chi connectivity index (χ4n) is 1.74. The van der Waals surface area contributed by atoms with Gasteiger partial charge in [-0.05, 0) is 50.5 Å². The molecule has 6 heteroatoms. The summed E-state index contributed by atoms with van der Waals surface area (Å²) in [5.41, 5.74) is 1.37. The van der Waals surface area contributed by atoms with E-state index in [9.17, 15) is 9.18 Å². The number of aromatic carboxylic acids is 1. The highest BCUT2D eigenvalue weighted by atomic mass is 79.9. The summed E-state index contributed by atoms with van der Waals surface area (Å²) in [7, 11) is 1.77. The largest absolute Gasteiger partial charge is 0.478 e. The van der Waals surface area contributed by atoms with E-state index in [2.05, 4.69) is 15.9 Å². The molecule has 1 N–H and O–H groups in total. The molecule has 1 aromatic carbocycles. The lowest BCUT2D eigenvalue weighted by Gasteiger charge is -2.20. The Morgan fingerprint density at radius 1 is 1.47 bits per heavy atom. The van der Waals surface area contributed by atoms with Gasteiger partial charge in [-0.1, -0.05) is 0 Å². The van der Waals surface area contributed by atoms with Gasteiger partial charge in [0.1, 0.15) is 0 Å². The second-order valence-electron chi connectivity index (χ2n) is 4.05. The van der Waals surface area contributed by atoms with Crippen LogP contribution in [0.3, 0.4) is 0 Å². The maximum atomic E-state index is 14.2. The molecule has 0 saturated heterocycles. The summed E-state index contributed by atoms with van der Waals surface area (Å²) >= 11 is 4.58. The van der Waals surface area contributed by atoms with Crippen molar-refractivity contribution >= 4 is 38.9 Å². The molecule has 0 aliphatic heterocycles. The van der Waals surface area contributed by atoms with Crippen molar-refractivity contribution in [3.05, 3.63) is 50.4 Å². The molecule has 0 atom stereocenters. The fourth-order valence-corrected chi connectivity index (χ4v) is 2.91. The van der Waals surface area contributed by atoms with E-state index < -0.39 is 11.8 Å². The first-order valence-electron chi connectivity index (χ1n) is 5.44. The number of halogens is 2. The Hall–Kier alpha value is -1.40. The molecule has 2 rings (SSSR count). The molecule has 0 saturated carbocycles. The zero-order chi connectivity index (χ0) is 14.0. The summed E-state index contributed by atoms with van der Waals surface area (Å²) in [5.74, 6) is -1.71. The summed E-state index contributed by atoms with van der Waals surface area (Å²) in [4.78, 5) is 12.6. The van der Waals surface area contributed by atoms with Crippen molar-refractivity contribution in [2.75, 3.05) is 11.9 Å². The number of nitrogens with zero attached hydrogens (tertiary/aromatic N) is 1. The van der Waals surface area contributed by atoms with E-state index >= 15 is 0 Å². The minimum absolute atomic E-state index is 0.0188. The normalized spacial score (nSPS) is 10.5. The molecule has 0 aliphatic rings. The van der Waals surface area contributed by atoms with Gasteiger partial charge in [-0.2, -0.15) is 11.3 Å². The molecule has 0 fully saturated rings. The number of carboxylic acids is 1. The molecule has 3 nitrogen and oxygen atoms in total. The fraction of sp³-hybridized carbons (Fsp3) is 0.154.